The molecule has 178 valence electrons. The van der Waals surface area contributed by atoms with Gasteiger partial charge in [-0.25, -0.2) is 13.6 Å². The minimum absolute atomic E-state index is 0.00343. The Morgan fingerprint density at radius 1 is 0.853 bits per heavy atom. The molecule has 5 nitrogen and oxygen atoms in total. The van der Waals surface area contributed by atoms with E-state index in [1.165, 1.54) is 31.2 Å². The SMILES string of the molecule is CC(=O)Nc1cc(NC(=O)NCCCCC(c2ccc(F)cc2)c2ccc(F)cc2)ccc1Cl. The Labute approximate surface area is 202 Å². The lowest BCUT2D eigenvalue weighted by Crippen LogP contribution is -2.29. The fraction of sp³-hybridized carbons (Fsp3) is 0.231. The molecular weight excluding hydrogens is 460 g/mol. The molecule has 0 fully saturated rings. The Balaban J connectivity index is 1.51. The van der Waals surface area contributed by atoms with E-state index >= 15 is 0 Å². The summed E-state index contributed by atoms with van der Waals surface area (Å²) in [4.78, 5) is 23.5. The quantitative estimate of drug-likeness (QED) is 0.295. The summed E-state index contributed by atoms with van der Waals surface area (Å²) in [5.41, 5.74) is 2.82. The standard InChI is InChI=1S/C26H26ClF2N3O2/c1-17(33)31-25-16-22(13-14-24(25)27)32-26(34)30-15-3-2-4-23(18-5-9-20(28)10-6-18)19-7-11-21(29)12-8-19/h5-14,16,23H,2-4,15H2,1H3,(H,31,33)(H2,30,32,34). The van der Waals surface area contributed by atoms with Crippen molar-refractivity contribution < 1.29 is 18.4 Å². The molecule has 8 heteroatoms. The van der Waals surface area contributed by atoms with Gasteiger partial charge in [-0.05, 0) is 66.4 Å². The highest BCUT2D eigenvalue weighted by Gasteiger charge is 2.15. The zero-order valence-electron chi connectivity index (χ0n) is 18.7. The Kier molecular flexibility index (Phi) is 8.99. The molecule has 3 aromatic carbocycles. The van der Waals surface area contributed by atoms with Gasteiger partial charge in [-0.3, -0.25) is 4.79 Å². The van der Waals surface area contributed by atoms with E-state index in [0.29, 0.717) is 22.9 Å². The molecule has 0 radical (unpaired) electrons. The van der Waals surface area contributed by atoms with Crippen LogP contribution in [-0.2, 0) is 4.79 Å². The number of anilines is 2. The number of hydrogen-bond acceptors (Lipinski definition) is 2. The lowest BCUT2D eigenvalue weighted by atomic mass is 9.87. The number of benzene rings is 3. The molecular formula is C26H26ClF2N3O2. The van der Waals surface area contributed by atoms with Crippen LogP contribution in [0.15, 0.2) is 66.7 Å². The second-order valence-corrected chi connectivity index (χ2v) is 8.32. The summed E-state index contributed by atoms with van der Waals surface area (Å²) in [7, 11) is 0. The highest BCUT2D eigenvalue weighted by Crippen LogP contribution is 2.30. The minimum atomic E-state index is -0.371. The molecule has 0 bridgehead atoms. The van der Waals surface area contributed by atoms with Crippen LogP contribution in [0.4, 0.5) is 25.0 Å². The smallest absolute Gasteiger partial charge is 0.319 e. The van der Waals surface area contributed by atoms with Crippen molar-refractivity contribution in [2.24, 2.45) is 0 Å². The third-order valence-electron chi connectivity index (χ3n) is 5.28. The molecule has 3 N–H and O–H groups in total. The molecule has 0 unspecified atom stereocenters. The zero-order chi connectivity index (χ0) is 24.5. The van der Waals surface area contributed by atoms with E-state index in [9.17, 15) is 18.4 Å². The summed E-state index contributed by atoms with van der Waals surface area (Å²) in [6.45, 7) is 1.83. The number of hydrogen-bond donors (Lipinski definition) is 3. The molecule has 34 heavy (non-hydrogen) atoms. The van der Waals surface area contributed by atoms with Gasteiger partial charge < -0.3 is 16.0 Å². The fourth-order valence-corrected chi connectivity index (χ4v) is 3.82. The highest BCUT2D eigenvalue weighted by molar-refractivity contribution is 6.33. The van der Waals surface area contributed by atoms with E-state index in [0.717, 1.165) is 30.4 Å². The van der Waals surface area contributed by atoms with Crippen LogP contribution in [0.2, 0.25) is 5.02 Å². The Bertz CT molecular complexity index is 1080. The average molecular weight is 486 g/mol. The number of urea groups is 1. The van der Waals surface area contributed by atoms with Crippen molar-refractivity contribution in [3.05, 3.63) is 94.5 Å². The zero-order valence-corrected chi connectivity index (χ0v) is 19.5. The maximum atomic E-state index is 13.4. The number of halogens is 3. The van der Waals surface area contributed by atoms with Crippen LogP contribution in [0, 0.1) is 11.6 Å². The third-order valence-corrected chi connectivity index (χ3v) is 5.61. The van der Waals surface area contributed by atoms with Gasteiger partial charge in [0.05, 0.1) is 10.7 Å². The largest absolute Gasteiger partial charge is 0.338 e. The molecule has 0 heterocycles. The predicted octanol–water partition coefficient (Wildman–Crippen LogP) is 6.70. The van der Waals surface area contributed by atoms with E-state index in [-0.39, 0.29) is 29.5 Å². The number of amides is 3. The maximum absolute atomic E-state index is 13.4. The summed E-state index contributed by atoms with van der Waals surface area (Å²) in [6, 6.07) is 17.1. The van der Waals surface area contributed by atoms with Crippen molar-refractivity contribution in [2.75, 3.05) is 17.2 Å². The molecule has 3 aromatic rings. The number of unbranched alkanes of at least 4 members (excludes halogenated alkanes) is 1. The first-order valence-electron chi connectivity index (χ1n) is 10.9. The first-order chi connectivity index (χ1) is 16.3. The van der Waals surface area contributed by atoms with E-state index in [1.807, 2.05) is 0 Å². The van der Waals surface area contributed by atoms with Crippen LogP contribution >= 0.6 is 11.6 Å². The van der Waals surface area contributed by atoms with Gasteiger partial charge in [-0.2, -0.15) is 0 Å². The topological polar surface area (TPSA) is 70.2 Å². The summed E-state index contributed by atoms with van der Waals surface area (Å²) in [6.07, 6.45) is 2.29. The normalized spacial score (nSPS) is 10.7. The minimum Gasteiger partial charge on any atom is -0.338 e. The van der Waals surface area contributed by atoms with Crippen molar-refractivity contribution in [1.82, 2.24) is 5.32 Å². The summed E-state index contributed by atoms with van der Waals surface area (Å²) in [5, 5.41) is 8.50. The number of rotatable bonds is 9. The van der Waals surface area contributed by atoms with Gasteiger partial charge >= 0.3 is 6.03 Å². The van der Waals surface area contributed by atoms with Crippen LogP contribution in [0.1, 0.15) is 43.2 Å². The molecule has 0 spiro atoms. The average Bonchev–Trinajstić information content (AvgIpc) is 2.80. The third kappa shape index (κ3) is 7.56. The molecule has 0 saturated heterocycles. The van der Waals surface area contributed by atoms with Crippen LogP contribution < -0.4 is 16.0 Å². The van der Waals surface area contributed by atoms with Gasteiger partial charge in [0.15, 0.2) is 0 Å². The Morgan fingerprint density at radius 3 is 2.00 bits per heavy atom. The van der Waals surface area contributed by atoms with Crippen LogP contribution in [0.25, 0.3) is 0 Å². The lowest BCUT2D eigenvalue weighted by Gasteiger charge is -2.18. The monoisotopic (exact) mass is 485 g/mol. The van der Waals surface area contributed by atoms with Crippen LogP contribution in [-0.4, -0.2) is 18.5 Å². The summed E-state index contributed by atoms with van der Waals surface area (Å²) < 4.78 is 26.7. The predicted molar refractivity (Wildman–Crippen MR) is 131 cm³/mol. The van der Waals surface area contributed by atoms with Gasteiger partial charge in [-0.1, -0.05) is 42.3 Å². The van der Waals surface area contributed by atoms with Gasteiger partial charge in [0, 0.05) is 25.1 Å². The Morgan fingerprint density at radius 2 is 1.44 bits per heavy atom. The second kappa shape index (κ2) is 12.1. The maximum Gasteiger partial charge on any atom is 0.319 e. The Hall–Kier alpha value is -3.45. The first-order valence-corrected chi connectivity index (χ1v) is 11.3. The van der Waals surface area contributed by atoms with Gasteiger partial charge in [0.25, 0.3) is 0 Å². The van der Waals surface area contributed by atoms with E-state index in [4.69, 9.17) is 11.6 Å². The molecule has 3 amide bonds. The molecule has 0 atom stereocenters. The molecule has 0 aromatic heterocycles. The van der Waals surface area contributed by atoms with E-state index in [2.05, 4.69) is 16.0 Å². The van der Waals surface area contributed by atoms with Crippen molar-refractivity contribution in [1.29, 1.82) is 0 Å². The van der Waals surface area contributed by atoms with Crippen molar-refractivity contribution in [3.63, 3.8) is 0 Å². The van der Waals surface area contributed by atoms with Crippen molar-refractivity contribution >= 4 is 34.9 Å². The molecule has 0 aliphatic heterocycles. The van der Waals surface area contributed by atoms with Gasteiger partial charge in [0.2, 0.25) is 5.91 Å². The number of nitrogens with one attached hydrogen (secondary N) is 3. The highest BCUT2D eigenvalue weighted by atomic mass is 35.5. The summed E-state index contributed by atoms with van der Waals surface area (Å²) in [5.74, 6) is -0.872. The van der Waals surface area contributed by atoms with Gasteiger partial charge in [0.1, 0.15) is 11.6 Å². The first kappa shape index (κ1) is 25.2. The second-order valence-electron chi connectivity index (χ2n) is 7.91. The van der Waals surface area contributed by atoms with Crippen LogP contribution in [0.3, 0.4) is 0 Å². The molecule has 3 rings (SSSR count). The number of carbonyl (C=O) groups excluding carboxylic acids is 2. The van der Waals surface area contributed by atoms with E-state index in [1.54, 1.807) is 42.5 Å². The lowest BCUT2D eigenvalue weighted by molar-refractivity contribution is -0.114. The number of carbonyl (C=O) groups is 2. The summed E-state index contributed by atoms with van der Waals surface area (Å²) >= 11 is 6.04. The van der Waals surface area contributed by atoms with Gasteiger partial charge in [-0.15, -0.1) is 0 Å². The molecule has 0 aliphatic carbocycles. The van der Waals surface area contributed by atoms with Crippen molar-refractivity contribution in [2.45, 2.75) is 32.1 Å². The molecule has 0 saturated carbocycles. The molecule has 0 aliphatic rings. The fourth-order valence-electron chi connectivity index (χ4n) is 3.66. The van der Waals surface area contributed by atoms with Crippen molar-refractivity contribution in [3.8, 4) is 0 Å². The van der Waals surface area contributed by atoms with Crippen LogP contribution in [0.5, 0.6) is 0 Å². The van der Waals surface area contributed by atoms with E-state index < -0.39 is 0 Å².